The highest BCUT2D eigenvalue weighted by molar-refractivity contribution is 7.17. The van der Waals surface area contributed by atoms with Gasteiger partial charge in [-0.05, 0) is 67.6 Å². The zero-order chi connectivity index (χ0) is 24.9. The molecule has 1 heterocycles. The van der Waals surface area contributed by atoms with Gasteiger partial charge in [-0.25, -0.2) is 9.59 Å². The van der Waals surface area contributed by atoms with Gasteiger partial charge in [0.1, 0.15) is 17.7 Å². The Morgan fingerprint density at radius 3 is 2.45 bits per heavy atom. The highest BCUT2D eigenvalue weighted by Crippen LogP contribution is 2.30. The van der Waals surface area contributed by atoms with Crippen LogP contribution in [0.5, 0.6) is 0 Å². The van der Waals surface area contributed by atoms with Gasteiger partial charge in [0.25, 0.3) is 0 Å². The second kappa shape index (κ2) is 11.2. The lowest BCUT2D eigenvalue weighted by Gasteiger charge is -2.31. The second-order valence-corrected chi connectivity index (χ2v) is 10.8. The summed E-state index contributed by atoms with van der Waals surface area (Å²) in [7, 11) is 2.81. The molecule has 0 aliphatic rings. The van der Waals surface area contributed by atoms with Crippen LogP contribution < -0.4 is 5.32 Å². The van der Waals surface area contributed by atoms with E-state index in [0.29, 0.717) is 11.4 Å². The molecular weight excluding hydrogens is 464 g/mol. The number of rotatable bonds is 8. The molecule has 0 saturated heterocycles. The minimum atomic E-state index is -0.907. The summed E-state index contributed by atoms with van der Waals surface area (Å²) in [5.74, 6) is -0.830. The molecule has 7 nitrogen and oxygen atoms in total. The van der Waals surface area contributed by atoms with E-state index in [4.69, 9.17) is 21.1 Å². The number of esters is 1. The average molecular weight is 497 g/mol. The van der Waals surface area contributed by atoms with Crippen LogP contribution in [-0.2, 0) is 25.5 Å². The van der Waals surface area contributed by atoms with Crippen molar-refractivity contribution in [2.45, 2.75) is 65.1 Å². The van der Waals surface area contributed by atoms with E-state index in [-0.39, 0.29) is 12.3 Å². The molecule has 9 heteroatoms. The summed E-state index contributed by atoms with van der Waals surface area (Å²) >= 11 is 7.73. The molecule has 0 radical (unpaired) electrons. The summed E-state index contributed by atoms with van der Waals surface area (Å²) in [6.45, 7) is 9.19. The van der Waals surface area contributed by atoms with E-state index in [1.807, 2.05) is 37.4 Å². The molecule has 0 aliphatic heterocycles. The van der Waals surface area contributed by atoms with Crippen LogP contribution in [0.1, 0.15) is 46.6 Å². The van der Waals surface area contributed by atoms with Crippen molar-refractivity contribution in [3.63, 3.8) is 0 Å². The second-order valence-electron chi connectivity index (χ2n) is 9.43. The first kappa shape index (κ1) is 26.9. The summed E-state index contributed by atoms with van der Waals surface area (Å²) in [5, 5.41) is 6.25. The molecule has 0 aliphatic carbocycles. The average Bonchev–Trinajstić information content (AvgIpc) is 3.10. The van der Waals surface area contributed by atoms with Crippen LogP contribution >= 0.6 is 22.9 Å². The van der Waals surface area contributed by atoms with E-state index >= 15 is 0 Å². The number of amides is 2. The summed E-state index contributed by atoms with van der Waals surface area (Å²) in [6, 6.07) is 3.87. The number of ether oxygens (including phenoxy) is 2. The molecule has 182 valence electrons. The molecular formula is C24H33ClN2O5S. The molecule has 0 bridgehead atoms. The molecule has 0 unspecified atom stereocenters. The minimum Gasteiger partial charge on any atom is -0.467 e. The maximum Gasteiger partial charge on any atom is 0.410 e. The first-order valence-corrected chi connectivity index (χ1v) is 12.1. The van der Waals surface area contributed by atoms with E-state index in [9.17, 15) is 14.4 Å². The van der Waals surface area contributed by atoms with Crippen molar-refractivity contribution in [1.82, 2.24) is 10.2 Å². The van der Waals surface area contributed by atoms with E-state index in [0.717, 1.165) is 15.6 Å². The van der Waals surface area contributed by atoms with Gasteiger partial charge in [-0.1, -0.05) is 25.4 Å². The predicted octanol–water partition coefficient (Wildman–Crippen LogP) is 5.04. The van der Waals surface area contributed by atoms with Crippen molar-refractivity contribution in [1.29, 1.82) is 0 Å². The fraction of sp³-hybridized carbons (Fsp3) is 0.542. The van der Waals surface area contributed by atoms with E-state index < -0.39 is 35.7 Å². The number of methoxy groups -OCH3 is 1. The Hall–Kier alpha value is -2.32. The van der Waals surface area contributed by atoms with Crippen molar-refractivity contribution < 1.29 is 23.9 Å². The Morgan fingerprint density at radius 1 is 1.21 bits per heavy atom. The molecule has 33 heavy (non-hydrogen) atoms. The van der Waals surface area contributed by atoms with Crippen molar-refractivity contribution >= 4 is 51.0 Å². The van der Waals surface area contributed by atoms with Gasteiger partial charge in [0.15, 0.2) is 0 Å². The zero-order valence-electron chi connectivity index (χ0n) is 20.2. The van der Waals surface area contributed by atoms with Crippen LogP contribution in [-0.4, -0.2) is 54.7 Å². The standard InChI is InChI=1S/C24H33ClN2O5S/c1-14(2)10-18(22(29)31-7)26-21(28)19(27(6)23(30)32-24(3,4)5)11-15-13-33-20-9-8-16(25)12-17(15)20/h8-9,12-14,18-19H,10-11H2,1-7H3,(H,26,28)/t18-,19-/m0/s1. The third kappa shape index (κ3) is 7.61. The van der Waals surface area contributed by atoms with E-state index in [2.05, 4.69) is 5.32 Å². The Bertz CT molecular complexity index is 998. The highest BCUT2D eigenvalue weighted by atomic mass is 35.5. The number of benzene rings is 1. The molecule has 1 N–H and O–H groups in total. The maximum absolute atomic E-state index is 13.4. The molecule has 2 amide bonds. The van der Waals surface area contributed by atoms with Crippen LogP contribution in [0.15, 0.2) is 23.6 Å². The zero-order valence-corrected chi connectivity index (χ0v) is 21.8. The molecule has 0 fully saturated rings. The van der Waals surface area contributed by atoms with E-state index in [1.54, 1.807) is 20.8 Å². The SMILES string of the molecule is COC(=O)[C@H](CC(C)C)NC(=O)[C@H](Cc1csc2ccc(Cl)cc12)N(C)C(=O)OC(C)(C)C. The number of carbonyl (C=O) groups is 3. The minimum absolute atomic E-state index is 0.152. The number of nitrogens with one attached hydrogen (secondary N) is 1. The van der Waals surface area contributed by atoms with Crippen LogP contribution in [0.25, 0.3) is 10.1 Å². The predicted molar refractivity (Wildman–Crippen MR) is 132 cm³/mol. The summed E-state index contributed by atoms with van der Waals surface area (Å²) in [5.41, 5.74) is 0.160. The maximum atomic E-state index is 13.4. The molecule has 0 spiro atoms. The fourth-order valence-corrected chi connectivity index (χ4v) is 4.51. The molecule has 0 saturated carbocycles. The lowest BCUT2D eigenvalue weighted by molar-refractivity contribution is -0.146. The van der Waals surface area contributed by atoms with Gasteiger partial charge in [0.2, 0.25) is 5.91 Å². The van der Waals surface area contributed by atoms with Crippen molar-refractivity contribution in [3.8, 4) is 0 Å². The van der Waals surface area contributed by atoms with Crippen molar-refractivity contribution in [3.05, 3.63) is 34.2 Å². The van der Waals surface area contributed by atoms with Gasteiger partial charge >= 0.3 is 12.1 Å². The first-order chi connectivity index (χ1) is 15.3. The van der Waals surface area contributed by atoms with Crippen molar-refractivity contribution in [2.75, 3.05) is 14.2 Å². The third-order valence-electron chi connectivity index (χ3n) is 4.99. The van der Waals surface area contributed by atoms with Crippen LogP contribution in [0.4, 0.5) is 4.79 Å². The lowest BCUT2D eigenvalue weighted by atomic mass is 10.0. The van der Waals surface area contributed by atoms with Gasteiger partial charge in [0.05, 0.1) is 7.11 Å². The van der Waals surface area contributed by atoms with Gasteiger partial charge in [-0.2, -0.15) is 0 Å². The highest BCUT2D eigenvalue weighted by Gasteiger charge is 2.34. The summed E-state index contributed by atoms with van der Waals surface area (Å²) < 4.78 is 11.4. The van der Waals surface area contributed by atoms with Crippen molar-refractivity contribution in [2.24, 2.45) is 5.92 Å². The topological polar surface area (TPSA) is 84.9 Å². The number of halogens is 1. The number of hydrogen-bond acceptors (Lipinski definition) is 6. The molecule has 2 atom stereocenters. The van der Waals surface area contributed by atoms with Crippen LogP contribution in [0.2, 0.25) is 5.02 Å². The van der Waals surface area contributed by atoms with Gasteiger partial charge in [-0.15, -0.1) is 11.3 Å². The normalized spacial score (nSPS) is 13.5. The Balaban J connectivity index is 2.38. The number of fused-ring (bicyclic) bond motifs is 1. The largest absolute Gasteiger partial charge is 0.467 e. The smallest absolute Gasteiger partial charge is 0.410 e. The van der Waals surface area contributed by atoms with Gasteiger partial charge in [0, 0.05) is 23.2 Å². The van der Waals surface area contributed by atoms with Crippen LogP contribution in [0.3, 0.4) is 0 Å². The molecule has 1 aromatic heterocycles. The Kier molecular flexibility index (Phi) is 9.14. The summed E-state index contributed by atoms with van der Waals surface area (Å²) in [6.07, 6.45) is 0.0224. The first-order valence-electron chi connectivity index (χ1n) is 10.8. The Morgan fingerprint density at radius 2 is 1.88 bits per heavy atom. The lowest BCUT2D eigenvalue weighted by Crippen LogP contribution is -2.54. The monoisotopic (exact) mass is 496 g/mol. The van der Waals surface area contributed by atoms with Gasteiger partial charge in [-0.3, -0.25) is 9.69 Å². The third-order valence-corrected chi connectivity index (χ3v) is 6.24. The van der Waals surface area contributed by atoms with Crippen LogP contribution in [0, 0.1) is 5.92 Å². The number of likely N-dealkylation sites (N-methyl/N-ethyl adjacent to an activating group) is 1. The number of nitrogens with zero attached hydrogens (tertiary/aromatic N) is 1. The van der Waals surface area contributed by atoms with Gasteiger partial charge < -0.3 is 14.8 Å². The summed E-state index contributed by atoms with van der Waals surface area (Å²) in [4.78, 5) is 39.8. The Labute approximate surface area is 204 Å². The fourth-order valence-electron chi connectivity index (χ4n) is 3.38. The van der Waals surface area contributed by atoms with E-state index in [1.165, 1.54) is 30.4 Å². The quantitative estimate of drug-likeness (QED) is 0.518. The number of thiophene rings is 1. The number of carbonyl (C=O) groups excluding carboxylic acids is 3. The molecule has 1 aromatic carbocycles. The molecule has 2 aromatic rings. The number of hydrogen-bond donors (Lipinski definition) is 1. The molecule has 2 rings (SSSR count).